The van der Waals surface area contributed by atoms with Gasteiger partial charge in [-0.05, 0) is 54.3 Å². The van der Waals surface area contributed by atoms with Gasteiger partial charge in [-0.25, -0.2) is 0 Å². The van der Waals surface area contributed by atoms with E-state index in [4.69, 9.17) is 27.4 Å². The molecule has 0 aliphatic carbocycles. The molecule has 0 heterocycles. The first-order chi connectivity index (χ1) is 12.5. The summed E-state index contributed by atoms with van der Waals surface area (Å²) in [4.78, 5) is 0.336. The van der Waals surface area contributed by atoms with Gasteiger partial charge >= 0.3 is 0 Å². The van der Waals surface area contributed by atoms with Gasteiger partial charge in [0.2, 0.25) is 0 Å². The van der Waals surface area contributed by atoms with Gasteiger partial charge in [0.25, 0.3) is 0 Å². The van der Waals surface area contributed by atoms with Crippen LogP contribution < -0.4 is 15.2 Å². The van der Waals surface area contributed by atoms with Crippen LogP contribution in [0.4, 0.5) is 0 Å². The Morgan fingerprint density at radius 1 is 0.885 bits per heavy atom. The minimum Gasteiger partial charge on any atom is -0.489 e. The van der Waals surface area contributed by atoms with Gasteiger partial charge < -0.3 is 15.2 Å². The van der Waals surface area contributed by atoms with Crippen molar-refractivity contribution in [2.75, 3.05) is 13.2 Å². The molecule has 0 aliphatic heterocycles. The molecule has 0 bridgehead atoms. The van der Waals surface area contributed by atoms with Gasteiger partial charge in [-0.1, -0.05) is 54.7 Å². The summed E-state index contributed by atoms with van der Waals surface area (Å²) in [5.41, 5.74) is 10.2. The van der Waals surface area contributed by atoms with Gasteiger partial charge in [0.15, 0.2) is 0 Å². The highest BCUT2D eigenvalue weighted by molar-refractivity contribution is 7.80. The van der Waals surface area contributed by atoms with Crippen molar-refractivity contribution in [2.24, 2.45) is 5.73 Å². The van der Waals surface area contributed by atoms with E-state index in [9.17, 15) is 0 Å². The molecule has 26 heavy (non-hydrogen) atoms. The van der Waals surface area contributed by atoms with E-state index in [1.807, 2.05) is 36.4 Å². The largest absolute Gasteiger partial charge is 0.489 e. The Kier molecular flexibility index (Phi) is 5.43. The zero-order chi connectivity index (χ0) is 18.7. The molecule has 0 fully saturated rings. The van der Waals surface area contributed by atoms with E-state index in [1.54, 1.807) is 0 Å². The molecule has 2 N–H and O–H groups in total. The average molecular weight is 365 g/mol. The van der Waals surface area contributed by atoms with Crippen molar-refractivity contribution >= 4 is 28.0 Å². The molecular formula is C22H23NO2S. The van der Waals surface area contributed by atoms with Gasteiger partial charge in [-0.2, -0.15) is 0 Å². The van der Waals surface area contributed by atoms with Crippen LogP contribution in [0.25, 0.3) is 10.8 Å². The number of fused-ring (bicyclic) bond motifs is 1. The van der Waals surface area contributed by atoms with Gasteiger partial charge in [0.1, 0.15) is 29.7 Å². The minimum atomic E-state index is 0.336. The molecule has 0 saturated carbocycles. The van der Waals surface area contributed by atoms with E-state index in [0.717, 1.165) is 27.6 Å². The van der Waals surface area contributed by atoms with Crippen LogP contribution in [0.5, 0.6) is 11.5 Å². The minimum absolute atomic E-state index is 0.336. The zero-order valence-corrected chi connectivity index (χ0v) is 16.2. The Hall–Kier alpha value is -2.59. The van der Waals surface area contributed by atoms with E-state index < -0.39 is 0 Å². The Morgan fingerprint density at radius 2 is 1.58 bits per heavy atom. The fourth-order valence-electron chi connectivity index (χ4n) is 3.07. The summed E-state index contributed by atoms with van der Waals surface area (Å²) >= 11 is 5.25. The van der Waals surface area contributed by atoms with E-state index in [-0.39, 0.29) is 0 Å². The molecule has 134 valence electrons. The molecular weight excluding hydrogens is 342 g/mol. The Labute approximate surface area is 159 Å². The second-order valence-corrected chi connectivity index (χ2v) is 6.81. The average Bonchev–Trinajstić information content (AvgIpc) is 2.63. The summed E-state index contributed by atoms with van der Waals surface area (Å²) in [5, 5.41) is 2.09. The fraction of sp³-hybridized carbons (Fsp3) is 0.227. The Balaban J connectivity index is 1.74. The summed E-state index contributed by atoms with van der Waals surface area (Å²) in [5.74, 6) is 1.62. The van der Waals surface area contributed by atoms with Crippen LogP contribution in [0.15, 0.2) is 48.5 Å². The molecule has 3 nitrogen and oxygen atoms in total. The molecule has 0 aliphatic rings. The smallest absolute Gasteiger partial charge is 0.130 e. The van der Waals surface area contributed by atoms with Crippen molar-refractivity contribution in [3.05, 3.63) is 70.8 Å². The SMILES string of the molecule is Cc1ccc(C)c(OCCOc2ccc3ccccc3c2C(N)=S)c1C. The number of nitrogens with two attached hydrogens (primary N) is 1. The molecule has 3 rings (SSSR count). The lowest BCUT2D eigenvalue weighted by Crippen LogP contribution is -2.15. The summed E-state index contributed by atoms with van der Waals surface area (Å²) in [6.07, 6.45) is 0. The van der Waals surface area contributed by atoms with Gasteiger partial charge in [0, 0.05) is 0 Å². The highest BCUT2D eigenvalue weighted by Crippen LogP contribution is 2.29. The van der Waals surface area contributed by atoms with Crippen LogP contribution in [-0.4, -0.2) is 18.2 Å². The van der Waals surface area contributed by atoms with Crippen LogP contribution in [0.2, 0.25) is 0 Å². The van der Waals surface area contributed by atoms with Crippen molar-refractivity contribution in [2.45, 2.75) is 20.8 Å². The quantitative estimate of drug-likeness (QED) is 0.501. The molecule has 0 spiro atoms. The standard InChI is InChI=1S/C22H23NO2S/c1-14-8-9-15(2)21(16(14)3)25-13-12-24-19-11-10-17-6-4-5-7-18(17)20(19)22(23)26/h4-11H,12-13H2,1-3H3,(H2,23,26). The molecule has 0 atom stereocenters. The monoisotopic (exact) mass is 365 g/mol. The van der Waals surface area contributed by atoms with Crippen molar-refractivity contribution in [1.29, 1.82) is 0 Å². The third-order valence-corrected chi connectivity index (χ3v) is 4.80. The maximum absolute atomic E-state index is 5.97. The second kappa shape index (κ2) is 7.75. The lowest BCUT2D eigenvalue weighted by molar-refractivity contribution is 0.215. The highest BCUT2D eigenvalue weighted by Gasteiger charge is 2.12. The lowest BCUT2D eigenvalue weighted by atomic mass is 10.0. The highest BCUT2D eigenvalue weighted by atomic mass is 32.1. The van der Waals surface area contributed by atoms with Crippen LogP contribution in [-0.2, 0) is 0 Å². The third kappa shape index (κ3) is 3.65. The Bertz CT molecular complexity index is 966. The topological polar surface area (TPSA) is 44.5 Å². The first-order valence-electron chi connectivity index (χ1n) is 8.63. The fourth-order valence-corrected chi connectivity index (χ4v) is 3.28. The third-order valence-electron chi connectivity index (χ3n) is 4.60. The first kappa shape index (κ1) is 18.2. The molecule has 0 amide bonds. The van der Waals surface area contributed by atoms with Crippen molar-refractivity contribution in [3.8, 4) is 11.5 Å². The maximum atomic E-state index is 5.97. The summed E-state index contributed by atoms with van der Waals surface area (Å²) in [6, 6.07) is 16.1. The molecule has 3 aromatic rings. The molecule has 0 unspecified atom stereocenters. The second-order valence-electron chi connectivity index (χ2n) is 6.37. The van der Waals surface area contributed by atoms with E-state index in [2.05, 4.69) is 32.9 Å². The van der Waals surface area contributed by atoms with Gasteiger partial charge in [-0.15, -0.1) is 0 Å². The maximum Gasteiger partial charge on any atom is 0.130 e. The number of aryl methyl sites for hydroxylation is 2. The number of hydrogen-bond acceptors (Lipinski definition) is 3. The van der Waals surface area contributed by atoms with E-state index >= 15 is 0 Å². The molecule has 0 aromatic heterocycles. The number of benzene rings is 3. The van der Waals surface area contributed by atoms with Crippen LogP contribution in [0, 0.1) is 20.8 Å². The number of rotatable bonds is 6. The van der Waals surface area contributed by atoms with Gasteiger partial charge in [0.05, 0.1) is 5.56 Å². The Morgan fingerprint density at radius 3 is 2.35 bits per heavy atom. The predicted molar refractivity (Wildman–Crippen MR) is 111 cm³/mol. The van der Waals surface area contributed by atoms with Crippen molar-refractivity contribution in [3.63, 3.8) is 0 Å². The van der Waals surface area contributed by atoms with E-state index in [1.165, 1.54) is 11.1 Å². The molecule has 3 aromatic carbocycles. The van der Waals surface area contributed by atoms with Crippen molar-refractivity contribution < 1.29 is 9.47 Å². The number of hydrogen-bond donors (Lipinski definition) is 1. The summed E-state index contributed by atoms with van der Waals surface area (Å²) in [7, 11) is 0. The zero-order valence-electron chi connectivity index (χ0n) is 15.3. The predicted octanol–water partition coefficient (Wildman–Crippen LogP) is 4.86. The van der Waals surface area contributed by atoms with Crippen molar-refractivity contribution in [1.82, 2.24) is 0 Å². The van der Waals surface area contributed by atoms with Crippen LogP contribution >= 0.6 is 12.2 Å². The van der Waals surface area contributed by atoms with Crippen LogP contribution in [0.3, 0.4) is 0 Å². The number of ether oxygens (including phenoxy) is 2. The normalized spacial score (nSPS) is 10.7. The van der Waals surface area contributed by atoms with E-state index in [0.29, 0.717) is 24.0 Å². The lowest BCUT2D eigenvalue weighted by Gasteiger charge is -2.16. The first-order valence-corrected chi connectivity index (χ1v) is 9.04. The summed E-state index contributed by atoms with van der Waals surface area (Å²) < 4.78 is 11.9. The molecule has 0 saturated heterocycles. The summed E-state index contributed by atoms with van der Waals surface area (Å²) in [6.45, 7) is 7.08. The molecule has 0 radical (unpaired) electrons. The number of thiocarbonyl (C=S) groups is 1. The van der Waals surface area contributed by atoms with Crippen LogP contribution in [0.1, 0.15) is 22.3 Å². The molecule has 4 heteroatoms. The van der Waals surface area contributed by atoms with Gasteiger partial charge in [-0.3, -0.25) is 0 Å².